The summed E-state index contributed by atoms with van der Waals surface area (Å²) in [4.78, 5) is 7.00. The Bertz CT molecular complexity index is 831. The summed E-state index contributed by atoms with van der Waals surface area (Å²) in [5, 5.41) is 6.66. The molecule has 1 aliphatic rings. The highest BCUT2D eigenvalue weighted by atomic mass is 127. The van der Waals surface area contributed by atoms with Crippen LogP contribution >= 0.6 is 24.0 Å². The number of hydrogen-bond donors (Lipinski definition) is 2. The molecular formula is C23H30F3IN4O. The quantitative estimate of drug-likeness (QED) is 0.275. The van der Waals surface area contributed by atoms with Gasteiger partial charge in [-0.25, -0.2) is 4.99 Å². The molecule has 1 fully saturated rings. The summed E-state index contributed by atoms with van der Waals surface area (Å²) in [7, 11) is 0. The summed E-state index contributed by atoms with van der Waals surface area (Å²) in [5.41, 5.74) is 2.15. The molecule has 176 valence electrons. The van der Waals surface area contributed by atoms with Crippen molar-refractivity contribution >= 4 is 35.6 Å². The maximum Gasteiger partial charge on any atom is 0.422 e. The van der Waals surface area contributed by atoms with E-state index in [2.05, 4.69) is 44.8 Å². The van der Waals surface area contributed by atoms with Crippen molar-refractivity contribution in [3.63, 3.8) is 0 Å². The number of alkyl halides is 3. The lowest BCUT2D eigenvalue weighted by Gasteiger charge is -2.19. The minimum Gasteiger partial charge on any atom is -0.484 e. The van der Waals surface area contributed by atoms with E-state index < -0.39 is 12.8 Å². The molecule has 9 heteroatoms. The van der Waals surface area contributed by atoms with Gasteiger partial charge in [0.1, 0.15) is 5.75 Å². The van der Waals surface area contributed by atoms with Crippen LogP contribution in [-0.4, -0.2) is 44.9 Å². The molecule has 2 N–H and O–H groups in total. The van der Waals surface area contributed by atoms with Crippen LogP contribution in [0.5, 0.6) is 5.75 Å². The van der Waals surface area contributed by atoms with Gasteiger partial charge in [0, 0.05) is 31.9 Å². The van der Waals surface area contributed by atoms with Gasteiger partial charge in [-0.1, -0.05) is 30.3 Å². The van der Waals surface area contributed by atoms with E-state index in [0.29, 0.717) is 12.5 Å². The Hall–Kier alpha value is -2.17. The molecule has 0 aliphatic carbocycles. The lowest BCUT2D eigenvalue weighted by molar-refractivity contribution is -0.153. The Kier molecular flexibility index (Phi) is 10.4. The average molecular weight is 562 g/mol. The molecular weight excluding hydrogens is 532 g/mol. The number of nitrogens with zero attached hydrogens (tertiary/aromatic N) is 2. The first-order valence-electron chi connectivity index (χ1n) is 10.5. The smallest absolute Gasteiger partial charge is 0.422 e. The van der Waals surface area contributed by atoms with Gasteiger partial charge in [-0.05, 0) is 49.1 Å². The van der Waals surface area contributed by atoms with Crippen LogP contribution in [-0.2, 0) is 6.54 Å². The third-order valence-corrected chi connectivity index (χ3v) is 5.06. The van der Waals surface area contributed by atoms with Gasteiger partial charge in [0.2, 0.25) is 0 Å². The minimum atomic E-state index is -4.34. The zero-order chi connectivity index (χ0) is 22.1. The third-order valence-electron chi connectivity index (χ3n) is 5.06. The van der Waals surface area contributed by atoms with Gasteiger partial charge in [0.15, 0.2) is 12.6 Å². The summed E-state index contributed by atoms with van der Waals surface area (Å²) in [6.07, 6.45) is -3.21. The van der Waals surface area contributed by atoms with Crippen LogP contribution in [0.2, 0.25) is 0 Å². The molecule has 0 radical (unpaired) electrons. The van der Waals surface area contributed by atoms with Gasteiger partial charge >= 0.3 is 6.18 Å². The van der Waals surface area contributed by atoms with Crippen molar-refractivity contribution < 1.29 is 17.9 Å². The topological polar surface area (TPSA) is 48.9 Å². The molecule has 1 unspecified atom stereocenters. The maximum atomic E-state index is 12.2. The summed E-state index contributed by atoms with van der Waals surface area (Å²) >= 11 is 0. The maximum absolute atomic E-state index is 12.2. The standard InChI is InChI=1S/C23H29F3N4O.HI/c1-2-27-22(28-14-18-8-10-21(11-9-18)31-17-23(24,25)26)29-15-19-12-13-30(16-19)20-6-4-3-5-7-20;/h3-11,19H,2,12-17H2,1H3,(H2,27,28,29);1H. The van der Waals surface area contributed by atoms with Crippen molar-refractivity contribution in [2.45, 2.75) is 26.1 Å². The highest BCUT2D eigenvalue weighted by Crippen LogP contribution is 2.23. The summed E-state index contributed by atoms with van der Waals surface area (Å²) in [6, 6.07) is 17.0. The first-order chi connectivity index (χ1) is 14.9. The van der Waals surface area contributed by atoms with E-state index in [1.165, 1.54) is 17.8 Å². The number of rotatable bonds is 8. The highest BCUT2D eigenvalue weighted by Gasteiger charge is 2.28. The molecule has 2 aromatic rings. The predicted molar refractivity (Wildman–Crippen MR) is 133 cm³/mol. The van der Waals surface area contributed by atoms with Crippen molar-refractivity contribution in [3.8, 4) is 5.75 Å². The van der Waals surface area contributed by atoms with Crippen molar-refractivity contribution in [2.24, 2.45) is 10.9 Å². The fourth-order valence-corrected chi connectivity index (χ4v) is 3.48. The molecule has 0 saturated carbocycles. The van der Waals surface area contributed by atoms with Crippen LogP contribution in [0.15, 0.2) is 59.6 Å². The number of ether oxygens (including phenoxy) is 1. The summed E-state index contributed by atoms with van der Waals surface area (Å²) < 4.78 is 41.4. The van der Waals surface area contributed by atoms with Crippen LogP contribution < -0.4 is 20.3 Å². The lowest BCUT2D eigenvalue weighted by atomic mass is 10.1. The number of halogens is 4. The first kappa shape index (κ1) is 26.1. The second kappa shape index (κ2) is 12.8. The fourth-order valence-electron chi connectivity index (χ4n) is 3.48. The van der Waals surface area contributed by atoms with Crippen LogP contribution in [0.4, 0.5) is 18.9 Å². The number of anilines is 1. The molecule has 0 spiro atoms. The molecule has 3 rings (SSSR count). The highest BCUT2D eigenvalue weighted by molar-refractivity contribution is 14.0. The van der Waals surface area contributed by atoms with E-state index in [1.54, 1.807) is 12.1 Å². The number of benzene rings is 2. The van der Waals surface area contributed by atoms with Gasteiger partial charge in [-0.2, -0.15) is 13.2 Å². The van der Waals surface area contributed by atoms with Gasteiger partial charge < -0.3 is 20.3 Å². The molecule has 0 bridgehead atoms. The van der Waals surface area contributed by atoms with Gasteiger partial charge in [-0.15, -0.1) is 24.0 Å². The van der Waals surface area contributed by atoms with Gasteiger partial charge in [0.25, 0.3) is 0 Å². The molecule has 32 heavy (non-hydrogen) atoms. The molecule has 0 amide bonds. The Morgan fingerprint density at radius 2 is 1.81 bits per heavy atom. The molecule has 0 aromatic heterocycles. The van der Waals surface area contributed by atoms with Gasteiger partial charge in [0.05, 0.1) is 6.54 Å². The number of guanidine groups is 1. The predicted octanol–water partition coefficient (Wildman–Crippen LogP) is 4.83. The van der Waals surface area contributed by atoms with Crippen LogP contribution in [0.25, 0.3) is 0 Å². The Labute approximate surface area is 204 Å². The van der Waals surface area contributed by atoms with Gasteiger partial charge in [-0.3, -0.25) is 0 Å². The molecule has 1 heterocycles. The van der Waals surface area contributed by atoms with Crippen molar-refractivity contribution in [2.75, 3.05) is 37.7 Å². The normalized spacial score (nSPS) is 16.4. The van der Waals surface area contributed by atoms with Crippen LogP contribution in [0.1, 0.15) is 18.9 Å². The van der Waals surface area contributed by atoms with Crippen molar-refractivity contribution in [1.29, 1.82) is 0 Å². The second-order valence-corrected chi connectivity index (χ2v) is 7.56. The average Bonchev–Trinajstić information content (AvgIpc) is 3.24. The SMILES string of the molecule is CCNC(=NCc1ccc(OCC(F)(F)F)cc1)NCC1CCN(c2ccccc2)C1.I. The van der Waals surface area contributed by atoms with Crippen molar-refractivity contribution in [3.05, 3.63) is 60.2 Å². The third kappa shape index (κ3) is 8.76. The Morgan fingerprint density at radius 1 is 1.09 bits per heavy atom. The zero-order valence-corrected chi connectivity index (χ0v) is 20.4. The van der Waals surface area contributed by atoms with E-state index in [0.717, 1.165) is 44.1 Å². The van der Waals surface area contributed by atoms with Crippen molar-refractivity contribution in [1.82, 2.24) is 10.6 Å². The van der Waals surface area contributed by atoms with E-state index in [9.17, 15) is 13.2 Å². The number of aliphatic imine (C=N–C) groups is 1. The lowest BCUT2D eigenvalue weighted by Crippen LogP contribution is -2.40. The Balaban J connectivity index is 0.00000363. The number of para-hydroxylation sites is 1. The molecule has 2 aromatic carbocycles. The van der Waals surface area contributed by atoms with Crippen LogP contribution in [0, 0.1) is 5.92 Å². The van der Waals surface area contributed by atoms with E-state index in [4.69, 9.17) is 4.74 Å². The van der Waals surface area contributed by atoms with E-state index in [-0.39, 0.29) is 29.7 Å². The molecule has 1 aliphatic heterocycles. The van der Waals surface area contributed by atoms with E-state index >= 15 is 0 Å². The second-order valence-electron chi connectivity index (χ2n) is 7.56. The van der Waals surface area contributed by atoms with Crippen LogP contribution in [0.3, 0.4) is 0 Å². The molecule has 1 saturated heterocycles. The monoisotopic (exact) mass is 562 g/mol. The van der Waals surface area contributed by atoms with E-state index in [1.807, 2.05) is 13.0 Å². The first-order valence-corrected chi connectivity index (χ1v) is 10.5. The minimum absolute atomic E-state index is 0. The summed E-state index contributed by atoms with van der Waals surface area (Å²) in [5.74, 6) is 1.46. The number of nitrogens with one attached hydrogen (secondary N) is 2. The Morgan fingerprint density at radius 3 is 2.47 bits per heavy atom. The molecule has 1 atom stereocenters. The largest absolute Gasteiger partial charge is 0.484 e. The number of hydrogen-bond acceptors (Lipinski definition) is 3. The summed E-state index contributed by atoms with van der Waals surface area (Å²) in [6.45, 7) is 4.78. The molecule has 5 nitrogen and oxygen atoms in total. The zero-order valence-electron chi connectivity index (χ0n) is 18.1. The fraction of sp³-hybridized carbons (Fsp3) is 0.435.